The van der Waals surface area contributed by atoms with Gasteiger partial charge in [0.25, 0.3) is 5.91 Å². The highest BCUT2D eigenvalue weighted by Gasteiger charge is 2.54. The van der Waals surface area contributed by atoms with Crippen LogP contribution >= 0.6 is 18.9 Å². The molecule has 4 aliphatic rings. The first-order valence-electron chi connectivity index (χ1n) is 14.9. The summed E-state index contributed by atoms with van der Waals surface area (Å²) in [7, 11) is -5.77. The third kappa shape index (κ3) is 5.14. The van der Waals surface area contributed by atoms with Gasteiger partial charge >= 0.3 is 13.3 Å². The second-order valence-corrected chi connectivity index (χ2v) is 15.1. The first-order chi connectivity index (χ1) is 21.9. The van der Waals surface area contributed by atoms with Crippen molar-refractivity contribution in [1.29, 1.82) is 5.26 Å². The van der Waals surface area contributed by atoms with E-state index in [4.69, 9.17) is 9.79 Å². The molecule has 0 spiro atoms. The maximum absolute atomic E-state index is 14.3. The van der Waals surface area contributed by atoms with Gasteiger partial charge < -0.3 is 24.9 Å². The van der Waals surface area contributed by atoms with Gasteiger partial charge in [-0.2, -0.15) is 14.0 Å². The maximum Gasteiger partial charge on any atom is 0.399 e. The van der Waals surface area contributed by atoms with Crippen LogP contribution in [0.25, 0.3) is 10.1 Å². The Hall–Kier alpha value is -3.95. The van der Waals surface area contributed by atoms with Crippen LogP contribution in [0.1, 0.15) is 46.0 Å². The number of thiophene rings is 1. The fraction of sp³-hybridized carbons (Fsp3) is 0.375. The molecule has 0 radical (unpaired) electrons. The van der Waals surface area contributed by atoms with Crippen molar-refractivity contribution >= 4 is 46.7 Å². The highest BCUT2D eigenvalue weighted by Crippen LogP contribution is 2.59. The van der Waals surface area contributed by atoms with Crippen LogP contribution in [0.4, 0.5) is 8.78 Å². The van der Waals surface area contributed by atoms with E-state index >= 15 is 0 Å². The second kappa shape index (κ2) is 11.1. The molecular weight excluding hydrogens is 637 g/mol. The largest absolute Gasteiger partial charge is 0.399 e. The summed E-state index contributed by atoms with van der Waals surface area (Å²) in [5, 5.41) is 12.9. The summed E-state index contributed by atoms with van der Waals surface area (Å²) < 4.78 is 40.4. The standard InChI is InChI=1S/C32H29F2N4O6PS/c33-32(34,45(42,43)44)21-6-9-27-19(10-21)13-28(46-27)29(39)36-24-12-18-11-22(18)25-7-8-26(38(25)30(24)40)31(41)37-15-20(14-35)23(16-37)17-4-2-1-3-5-17/h1-6,9-11,13,18,20,23-26H,7-8,12,15-16H2,(H,36,39)(H2,42,43,44)/t18-,20+,23-,24-,25+,26-/m0/s1. The third-order valence-electron chi connectivity index (χ3n) is 9.59. The third-order valence-corrected chi connectivity index (χ3v) is 11.7. The number of nitrogens with one attached hydrogen (secondary N) is 1. The summed E-state index contributed by atoms with van der Waals surface area (Å²) in [6, 6.07) is 14.6. The molecule has 3 aliphatic heterocycles. The van der Waals surface area contributed by atoms with Crippen LogP contribution in [0.5, 0.6) is 0 Å². The summed E-state index contributed by atoms with van der Waals surface area (Å²) in [6.45, 7) is 0.654. The molecule has 3 aromatic rings. The molecule has 14 heteroatoms. The van der Waals surface area contributed by atoms with Gasteiger partial charge in [-0.15, -0.1) is 11.3 Å². The fourth-order valence-corrected chi connectivity index (χ4v) is 8.61. The van der Waals surface area contributed by atoms with E-state index in [1.807, 2.05) is 30.3 Å². The van der Waals surface area contributed by atoms with Crippen molar-refractivity contribution in [3.63, 3.8) is 0 Å². The van der Waals surface area contributed by atoms with Gasteiger partial charge in [-0.25, -0.2) is 0 Å². The van der Waals surface area contributed by atoms with Gasteiger partial charge in [-0.05, 0) is 54.0 Å². The minimum absolute atomic E-state index is 0.0233. The minimum atomic E-state index is -5.77. The molecule has 4 heterocycles. The molecular formula is C32H29F2N4O6PS. The van der Waals surface area contributed by atoms with E-state index in [0.29, 0.717) is 30.5 Å². The van der Waals surface area contributed by atoms with Crippen LogP contribution in [0, 0.1) is 23.2 Å². The van der Waals surface area contributed by atoms with Crippen molar-refractivity contribution in [1.82, 2.24) is 15.1 Å². The van der Waals surface area contributed by atoms with E-state index in [2.05, 4.69) is 17.5 Å². The Balaban J connectivity index is 1.09. The zero-order chi connectivity index (χ0) is 32.5. The van der Waals surface area contributed by atoms with Crippen LogP contribution < -0.4 is 5.32 Å². The number of carbonyl (C=O) groups is 3. The van der Waals surface area contributed by atoms with Crippen LogP contribution in [0.3, 0.4) is 0 Å². The molecule has 46 heavy (non-hydrogen) atoms. The van der Waals surface area contributed by atoms with E-state index in [1.54, 1.807) is 9.80 Å². The van der Waals surface area contributed by atoms with Gasteiger partial charge in [0.1, 0.15) is 12.1 Å². The number of allylic oxidation sites excluding steroid dienone is 1. The summed E-state index contributed by atoms with van der Waals surface area (Å²) in [6.07, 6.45) is 3.50. The summed E-state index contributed by atoms with van der Waals surface area (Å²) in [5.41, 5.74) is -3.18. The number of nitrogens with zero attached hydrogens (tertiary/aromatic N) is 3. The van der Waals surface area contributed by atoms with Crippen molar-refractivity contribution in [2.45, 2.75) is 49.0 Å². The summed E-state index contributed by atoms with van der Waals surface area (Å²) in [4.78, 5) is 63.0. The molecule has 6 atom stereocenters. The molecule has 3 amide bonds. The summed E-state index contributed by atoms with van der Waals surface area (Å²) in [5.74, 6) is -1.63. The number of alkyl halides is 2. The molecule has 2 aromatic carbocycles. The van der Waals surface area contributed by atoms with E-state index in [9.17, 15) is 33.0 Å². The topological polar surface area (TPSA) is 151 Å². The lowest BCUT2D eigenvalue weighted by atomic mass is 9.90. The molecule has 7 rings (SSSR count). The molecule has 3 fully saturated rings. The number of carbonyl (C=O) groups excluding carboxylic acids is 3. The van der Waals surface area contributed by atoms with Gasteiger partial charge in [0, 0.05) is 35.2 Å². The lowest BCUT2D eigenvalue weighted by Crippen LogP contribution is -2.55. The number of benzene rings is 2. The monoisotopic (exact) mass is 666 g/mol. The van der Waals surface area contributed by atoms with Crippen LogP contribution in [0.15, 0.2) is 66.2 Å². The normalized spacial score (nSPS) is 27.5. The van der Waals surface area contributed by atoms with Gasteiger partial charge in [0.2, 0.25) is 11.8 Å². The highest BCUT2D eigenvalue weighted by molar-refractivity contribution is 7.52. The van der Waals surface area contributed by atoms with Crippen molar-refractivity contribution in [3.8, 4) is 6.07 Å². The first-order valence-corrected chi connectivity index (χ1v) is 17.4. The second-order valence-electron chi connectivity index (χ2n) is 12.3. The number of nitriles is 1. The molecule has 1 aromatic heterocycles. The number of likely N-dealkylation sites (tertiary alicyclic amines) is 1. The minimum Gasteiger partial charge on any atom is -0.340 e. The number of hydrogen-bond donors (Lipinski definition) is 3. The SMILES string of the molecule is N#C[C@@H]1CN(C(=O)[C@@H]2CC[C@@H]3C4=C[C@H]4C[C@H](NC(=O)c4cc5cc(C(F)(F)P(=O)(O)O)ccc5s4)C(=O)N32)C[C@H]1c1ccccc1. The zero-order valence-electron chi connectivity index (χ0n) is 24.3. The molecule has 0 saturated carbocycles. The van der Waals surface area contributed by atoms with Gasteiger partial charge in [0.05, 0.1) is 22.9 Å². The Morgan fingerprint density at radius 1 is 1.09 bits per heavy atom. The van der Waals surface area contributed by atoms with Crippen molar-refractivity contribution in [2.24, 2.45) is 11.8 Å². The Labute approximate surface area is 266 Å². The number of halogens is 2. The molecule has 1 aliphatic carbocycles. The van der Waals surface area contributed by atoms with E-state index in [-0.39, 0.29) is 52.4 Å². The highest BCUT2D eigenvalue weighted by atomic mass is 32.1. The van der Waals surface area contributed by atoms with Gasteiger partial charge in [-0.3, -0.25) is 18.9 Å². The van der Waals surface area contributed by atoms with Crippen molar-refractivity contribution in [3.05, 3.63) is 82.3 Å². The Kier molecular flexibility index (Phi) is 7.40. The van der Waals surface area contributed by atoms with E-state index in [0.717, 1.165) is 34.6 Å². The van der Waals surface area contributed by atoms with E-state index < -0.39 is 36.8 Å². The first kappa shape index (κ1) is 30.7. The molecule has 0 unspecified atom stereocenters. The zero-order valence-corrected chi connectivity index (χ0v) is 26.0. The molecule has 10 nitrogen and oxygen atoms in total. The molecule has 3 N–H and O–H groups in total. The van der Waals surface area contributed by atoms with Gasteiger partial charge in [0.15, 0.2) is 0 Å². The van der Waals surface area contributed by atoms with Crippen LogP contribution in [-0.2, 0) is 19.8 Å². The smallest absolute Gasteiger partial charge is 0.340 e. The quantitative estimate of drug-likeness (QED) is 0.262. The average Bonchev–Trinajstić information content (AvgIpc) is 3.38. The number of rotatable bonds is 6. The maximum atomic E-state index is 14.3. The number of fused-ring (bicyclic) bond motifs is 4. The summed E-state index contributed by atoms with van der Waals surface area (Å²) >= 11 is 1.00. The van der Waals surface area contributed by atoms with Crippen LogP contribution in [-0.4, -0.2) is 68.5 Å². The predicted octanol–water partition coefficient (Wildman–Crippen LogP) is 4.31. The number of hydrogen-bond acceptors (Lipinski definition) is 6. The lowest BCUT2D eigenvalue weighted by molar-refractivity contribution is -0.145. The molecule has 238 valence electrons. The Bertz CT molecular complexity index is 1890. The van der Waals surface area contributed by atoms with Crippen molar-refractivity contribution in [2.75, 3.05) is 13.1 Å². The fourth-order valence-electron chi connectivity index (χ4n) is 7.19. The lowest BCUT2D eigenvalue weighted by Gasteiger charge is -2.32. The van der Waals surface area contributed by atoms with E-state index in [1.165, 1.54) is 12.1 Å². The Morgan fingerprint density at radius 3 is 2.57 bits per heavy atom. The van der Waals surface area contributed by atoms with Gasteiger partial charge in [-0.1, -0.05) is 42.5 Å². The van der Waals surface area contributed by atoms with Crippen molar-refractivity contribution < 1.29 is 37.5 Å². The molecule has 3 saturated heterocycles. The number of amides is 3. The predicted molar refractivity (Wildman–Crippen MR) is 164 cm³/mol. The average molecular weight is 667 g/mol. The molecule has 0 bridgehead atoms. The van der Waals surface area contributed by atoms with Crippen LogP contribution in [0.2, 0.25) is 0 Å². The Morgan fingerprint density at radius 2 is 1.85 bits per heavy atom.